The molecule has 3 aromatic rings. The summed E-state index contributed by atoms with van der Waals surface area (Å²) in [4.78, 5) is 33.0. The number of ether oxygens (including phenoxy) is 3. The van der Waals surface area contributed by atoms with Crippen LogP contribution in [0.25, 0.3) is 11.0 Å². The van der Waals surface area contributed by atoms with Gasteiger partial charge in [-0.1, -0.05) is 24.3 Å². The van der Waals surface area contributed by atoms with Gasteiger partial charge in [-0.15, -0.1) is 0 Å². The zero-order chi connectivity index (χ0) is 23.7. The molecule has 1 fully saturated rings. The maximum Gasteiger partial charge on any atom is 0.259 e. The Balaban J connectivity index is 1.44. The third-order valence-corrected chi connectivity index (χ3v) is 6.55. The first kappa shape index (κ1) is 22.6. The van der Waals surface area contributed by atoms with E-state index in [0.29, 0.717) is 49.6 Å². The molecule has 1 aliphatic carbocycles. The Morgan fingerprint density at radius 1 is 1.24 bits per heavy atom. The third kappa shape index (κ3) is 4.31. The molecule has 2 aliphatic rings. The number of hydrogen-bond acceptors (Lipinski definition) is 6. The van der Waals surface area contributed by atoms with E-state index in [1.807, 2.05) is 23.6 Å². The van der Waals surface area contributed by atoms with E-state index in [-0.39, 0.29) is 29.1 Å². The van der Waals surface area contributed by atoms with Crippen LogP contribution in [0.4, 0.5) is 0 Å². The molecular formula is C26H29N3O5. The van der Waals surface area contributed by atoms with Crippen LogP contribution in [0.5, 0.6) is 5.75 Å². The van der Waals surface area contributed by atoms with Crippen molar-refractivity contribution in [1.29, 1.82) is 0 Å². The molecular weight excluding hydrogens is 434 g/mol. The highest BCUT2D eigenvalue weighted by molar-refractivity contribution is 5.97. The van der Waals surface area contributed by atoms with E-state index in [1.54, 1.807) is 30.5 Å². The summed E-state index contributed by atoms with van der Waals surface area (Å²) in [7, 11) is 1.60. The minimum absolute atomic E-state index is 0.000864. The van der Waals surface area contributed by atoms with Gasteiger partial charge in [0.2, 0.25) is 5.43 Å². The standard InChI is InChI=1S/C26H29N3O5/c1-3-28-15-23(26(31)29-8-9-33-21(14-29)16-32-2)24(30)22-12-20(13-27-25(22)28)34-19-10-17-6-4-5-7-18(17)11-19/h4-7,12-13,15,19,21H,3,8-11,14,16H2,1-2H3/t21-/m1/s1. The Bertz CT molecular complexity index is 1240. The molecule has 0 N–H and O–H groups in total. The number of morpholine rings is 1. The van der Waals surface area contributed by atoms with Crippen molar-refractivity contribution < 1.29 is 19.0 Å². The molecule has 1 amide bonds. The fraction of sp³-hybridized carbons (Fsp3) is 0.423. The average Bonchev–Trinajstić information content (AvgIpc) is 3.27. The van der Waals surface area contributed by atoms with Crippen LogP contribution in [0, 0.1) is 0 Å². The molecule has 8 heteroatoms. The zero-order valence-electron chi connectivity index (χ0n) is 19.5. The van der Waals surface area contributed by atoms with Gasteiger partial charge in [0.1, 0.15) is 23.1 Å². The Morgan fingerprint density at radius 2 is 2.00 bits per heavy atom. The summed E-state index contributed by atoms with van der Waals surface area (Å²) in [5, 5.41) is 0.391. The SMILES string of the molecule is CCn1cc(C(=O)N2CCO[C@@H](COC)C2)c(=O)c2cc(OC3Cc4ccccc4C3)cnc21. The normalized spacial score (nSPS) is 18.3. The second-order valence-corrected chi connectivity index (χ2v) is 8.82. The summed E-state index contributed by atoms with van der Waals surface area (Å²) < 4.78 is 18.9. The summed E-state index contributed by atoms with van der Waals surface area (Å²) in [6, 6.07) is 10.0. The smallest absolute Gasteiger partial charge is 0.259 e. The number of amides is 1. The van der Waals surface area contributed by atoms with Crippen LogP contribution in [0.15, 0.2) is 47.5 Å². The van der Waals surface area contributed by atoms with Gasteiger partial charge in [-0.05, 0) is 24.1 Å². The molecule has 1 saturated heterocycles. The Labute approximate surface area is 198 Å². The van der Waals surface area contributed by atoms with Crippen molar-refractivity contribution in [3.05, 3.63) is 69.6 Å². The number of fused-ring (bicyclic) bond motifs is 2. The monoisotopic (exact) mass is 463 g/mol. The molecule has 5 rings (SSSR count). The van der Waals surface area contributed by atoms with E-state index < -0.39 is 0 Å². The molecule has 34 heavy (non-hydrogen) atoms. The minimum atomic E-state index is -0.327. The van der Waals surface area contributed by atoms with Gasteiger partial charge in [0.05, 0.1) is 30.9 Å². The van der Waals surface area contributed by atoms with Gasteiger partial charge in [0.15, 0.2) is 0 Å². The maximum absolute atomic E-state index is 13.4. The number of carbonyl (C=O) groups is 1. The summed E-state index contributed by atoms with van der Waals surface area (Å²) >= 11 is 0. The van der Waals surface area contributed by atoms with Crippen LogP contribution >= 0.6 is 0 Å². The number of benzene rings is 1. The number of aromatic nitrogens is 2. The highest BCUT2D eigenvalue weighted by atomic mass is 16.5. The molecule has 2 aromatic heterocycles. The van der Waals surface area contributed by atoms with E-state index in [2.05, 4.69) is 17.1 Å². The van der Waals surface area contributed by atoms with E-state index >= 15 is 0 Å². The number of nitrogens with zero attached hydrogens (tertiary/aromatic N) is 3. The summed E-state index contributed by atoms with van der Waals surface area (Å²) in [5.41, 5.74) is 2.94. The molecule has 0 saturated carbocycles. The predicted octanol–water partition coefficient (Wildman–Crippen LogP) is 2.45. The molecule has 178 valence electrons. The number of aryl methyl sites for hydroxylation is 1. The Morgan fingerprint density at radius 3 is 2.71 bits per heavy atom. The first-order chi connectivity index (χ1) is 16.6. The van der Waals surface area contributed by atoms with Crippen LogP contribution in [-0.2, 0) is 28.9 Å². The molecule has 0 radical (unpaired) electrons. The molecule has 3 heterocycles. The fourth-order valence-electron chi connectivity index (χ4n) is 4.87. The van der Waals surface area contributed by atoms with E-state index in [4.69, 9.17) is 14.2 Å². The quantitative estimate of drug-likeness (QED) is 0.559. The van der Waals surface area contributed by atoms with Crippen LogP contribution in [-0.4, -0.2) is 66.0 Å². The van der Waals surface area contributed by atoms with Gasteiger partial charge >= 0.3 is 0 Å². The average molecular weight is 464 g/mol. The van der Waals surface area contributed by atoms with Crippen molar-refractivity contribution in [3.8, 4) is 5.75 Å². The second-order valence-electron chi connectivity index (χ2n) is 8.82. The van der Waals surface area contributed by atoms with Crippen LogP contribution < -0.4 is 10.2 Å². The van der Waals surface area contributed by atoms with Crippen molar-refractivity contribution >= 4 is 16.9 Å². The molecule has 0 bridgehead atoms. The number of rotatable bonds is 6. The van der Waals surface area contributed by atoms with E-state index in [1.165, 1.54) is 11.1 Å². The lowest BCUT2D eigenvalue weighted by molar-refractivity contribution is -0.0531. The van der Waals surface area contributed by atoms with Crippen molar-refractivity contribution in [1.82, 2.24) is 14.5 Å². The maximum atomic E-state index is 13.4. The number of methoxy groups -OCH3 is 1. The van der Waals surface area contributed by atoms with Crippen molar-refractivity contribution in [2.75, 3.05) is 33.4 Å². The lowest BCUT2D eigenvalue weighted by atomic mass is 10.1. The zero-order valence-corrected chi connectivity index (χ0v) is 19.5. The number of pyridine rings is 2. The second kappa shape index (κ2) is 9.56. The first-order valence-corrected chi connectivity index (χ1v) is 11.7. The number of carbonyl (C=O) groups excluding carboxylic acids is 1. The molecule has 0 spiro atoms. The molecule has 8 nitrogen and oxygen atoms in total. The van der Waals surface area contributed by atoms with Gasteiger partial charge in [0, 0.05) is 45.8 Å². The van der Waals surface area contributed by atoms with Crippen LogP contribution in [0.2, 0.25) is 0 Å². The molecule has 0 unspecified atom stereocenters. The highest BCUT2D eigenvalue weighted by Gasteiger charge is 2.28. The van der Waals surface area contributed by atoms with Gasteiger partial charge in [0.25, 0.3) is 5.91 Å². The van der Waals surface area contributed by atoms with Gasteiger partial charge in [-0.2, -0.15) is 0 Å². The van der Waals surface area contributed by atoms with Gasteiger partial charge in [-0.25, -0.2) is 4.98 Å². The Hall–Kier alpha value is -3.23. The van der Waals surface area contributed by atoms with Gasteiger partial charge in [-0.3, -0.25) is 9.59 Å². The van der Waals surface area contributed by atoms with Crippen molar-refractivity contribution in [3.63, 3.8) is 0 Å². The van der Waals surface area contributed by atoms with E-state index in [0.717, 1.165) is 12.8 Å². The lowest BCUT2D eigenvalue weighted by Gasteiger charge is -2.32. The van der Waals surface area contributed by atoms with E-state index in [9.17, 15) is 9.59 Å². The molecule has 1 aliphatic heterocycles. The predicted molar refractivity (Wildman–Crippen MR) is 127 cm³/mol. The number of hydrogen-bond donors (Lipinski definition) is 0. The first-order valence-electron chi connectivity index (χ1n) is 11.7. The van der Waals surface area contributed by atoms with Crippen LogP contribution in [0.3, 0.4) is 0 Å². The highest BCUT2D eigenvalue weighted by Crippen LogP contribution is 2.26. The third-order valence-electron chi connectivity index (χ3n) is 6.55. The fourth-order valence-corrected chi connectivity index (χ4v) is 4.87. The summed E-state index contributed by atoms with van der Waals surface area (Å²) in [6.45, 7) is 4.18. The van der Waals surface area contributed by atoms with Crippen molar-refractivity contribution in [2.24, 2.45) is 0 Å². The minimum Gasteiger partial charge on any atom is -0.488 e. The largest absolute Gasteiger partial charge is 0.488 e. The topological polar surface area (TPSA) is 82.9 Å². The molecule has 1 aromatic carbocycles. The van der Waals surface area contributed by atoms with Crippen LogP contribution in [0.1, 0.15) is 28.4 Å². The molecule has 1 atom stereocenters. The van der Waals surface area contributed by atoms with Gasteiger partial charge < -0.3 is 23.7 Å². The Kier molecular flexibility index (Phi) is 6.34. The summed E-state index contributed by atoms with van der Waals surface area (Å²) in [6.07, 6.45) is 4.73. The summed E-state index contributed by atoms with van der Waals surface area (Å²) in [5.74, 6) is 0.247. The lowest BCUT2D eigenvalue weighted by Crippen LogP contribution is -2.48. The van der Waals surface area contributed by atoms with Crippen molar-refractivity contribution in [2.45, 2.75) is 38.5 Å².